The van der Waals surface area contributed by atoms with Crippen LogP contribution in [0.25, 0.3) is 5.78 Å². The molecule has 1 N–H and O–H groups in total. The SMILES string of the molecule is CC(C)(O)CN1CCN(c2cc(Cl)nc3ncnn23)CC1. The van der Waals surface area contributed by atoms with E-state index in [2.05, 4.69) is 24.9 Å². The molecule has 0 amide bonds. The lowest BCUT2D eigenvalue weighted by atomic mass is 10.1. The van der Waals surface area contributed by atoms with E-state index in [1.165, 1.54) is 6.33 Å². The molecular formula is C13H19ClN6O. The van der Waals surface area contributed by atoms with Crippen LogP contribution in [-0.4, -0.2) is 67.9 Å². The van der Waals surface area contributed by atoms with E-state index in [1.54, 1.807) is 4.52 Å². The number of β-amino-alcohol motifs (C(OH)–C–C–N with tert-alkyl or cyclic N) is 1. The predicted molar refractivity (Wildman–Crippen MR) is 80.7 cm³/mol. The molecule has 0 atom stereocenters. The van der Waals surface area contributed by atoms with Crippen LogP contribution in [0.5, 0.6) is 0 Å². The standard InChI is InChI=1S/C13H19ClN6O/c1-13(2,21)8-18-3-5-19(6-4-18)11-7-10(14)17-12-15-9-16-20(11)12/h7,9,21H,3-6,8H2,1-2H3. The first kappa shape index (κ1) is 14.5. The average molecular weight is 311 g/mol. The van der Waals surface area contributed by atoms with Crippen molar-refractivity contribution in [1.82, 2.24) is 24.5 Å². The number of fused-ring (bicyclic) bond motifs is 1. The summed E-state index contributed by atoms with van der Waals surface area (Å²) in [5.74, 6) is 1.42. The summed E-state index contributed by atoms with van der Waals surface area (Å²) in [6.45, 7) is 7.83. The molecule has 1 fully saturated rings. The average Bonchev–Trinajstić information content (AvgIpc) is 2.85. The van der Waals surface area contributed by atoms with Gasteiger partial charge in [-0.25, -0.2) is 0 Å². The van der Waals surface area contributed by atoms with Crippen LogP contribution in [0.2, 0.25) is 5.15 Å². The van der Waals surface area contributed by atoms with Crippen LogP contribution in [0.1, 0.15) is 13.8 Å². The second-order valence-corrected chi connectivity index (χ2v) is 6.37. The van der Waals surface area contributed by atoms with Crippen molar-refractivity contribution in [3.8, 4) is 0 Å². The van der Waals surface area contributed by atoms with Crippen LogP contribution in [0, 0.1) is 0 Å². The van der Waals surface area contributed by atoms with Crippen molar-refractivity contribution >= 4 is 23.2 Å². The summed E-state index contributed by atoms with van der Waals surface area (Å²) in [6.07, 6.45) is 1.48. The van der Waals surface area contributed by atoms with Gasteiger partial charge in [-0.3, -0.25) is 4.90 Å². The minimum atomic E-state index is -0.665. The summed E-state index contributed by atoms with van der Waals surface area (Å²) in [7, 11) is 0. The quantitative estimate of drug-likeness (QED) is 0.840. The maximum Gasteiger partial charge on any atom is 0.255 e. The van der Waals surface area contributed by atoms with E-state index in [0.717, 1.165) is 32.0 Å². The third kappa shape index (κ3) is 3.25. The van der Waals surface area contributed by atoms with Crippen molar-refractivity contribution in [3.05, 3.63) is 17.5 Å². The van der Waals surface area contributed by atoms with Crippen molar-refractivity contribution in [2.75, 3.05) is 37.6 Å². The summed E-state index contributed by atoms with van der Waals surface area (Å²) < 4.78 is 1.71. The molecule has 8 heteroatoms. The van der Waals surface area contributed by atoms with Crippen molar-refractivity contribution in [2.45, 2.75) is 19.4 Å². The van der Waals surface area contributed by atoms with Gasteiger partial charge in [0.15, 0.2) is 0 Å². The number of aliphatic hydroxyl groups is 1. The lowest BCUT2D eigenvalue weighted by Gasteiger charge is -2.38. The predicted octanol–water partition coefficient (Wildman–Crippen LogP) is 0.671. The molecule has 2 aromatic heterocycles. The lowest BCUT2D eigenvalue weighted by Crippen LogP contribution is -2.50. The van der Waals surface area contributed by atoms with Crippen LogP contribution in [-0.2, 0) is 0 Å². The smallest absolute Gasteiger partial charge is 0.255 e. The van der Waals surface area contributed by atoms with Gasteiger partial charge in [0.2, 0.25) is 0 Å². The Morgan fingerprint density at radius 3 is 2.67 bits per heavy atom. The maximum absolute atomic E-state index is 9.90. The topological polar surface area (TPSA) is 69.8 Å². The van der Waals surface area contributed by atoms with E-state index in [9.17, 15) is 5.11 Å². The molecule has 0 bridgehead atoms. The zero-order valence-electron chi connectivity index (χ0n) is 12.2. The van der Waals surface area contributed by atoms with E-state index in [4.69, 9.17) is 11.6 Å². The van der Waals surface area contributed by atoms with Crippen LogP contribution in [0.4, 0.5) is 5.82 Å². The monoisotopic (exact) mass is 310 g/mol. The second-order valence-electron chi connectivity index (χ2n) is 5.98. The third-order valence-corrected chi connectivity index (χ3v) is 3.70. The number of piperazine rings is 1. The van der Waals surface area contributed by atoms with Crippen molar-refractivity contribution in [2.24, 2.45) is 0 Å². The van der Waals surface area contributed by atoms with Crippen molar-refractivity contribution in [1.29, 1.82) is 0 Å². The van der Waals surface area contributed by atoms with Gasteiger partial charge in [0, 0.05) is 38.8 Å². The summed E-state index contributed by atoms with van der Waals surface area (Å²) in [6, 6.07) is 1.81. The Morgan fingerprint density at radius 2 is 2.00 bits per heavy atom. The summed E-state index contributed by atoms with van der Waals surface area (Å²) in [4.78, 5) is 12.7. The number of hydrogen-bond donors (Lipinski definition) is 1. The normalized spacial score (nSPS) is 17.6. The van der Waals surface area contributed by atoms with Crippen LogP contribution < -0.4 is 4.90 Å². The molecule has 0 aromatic carbocycles. The summed E-state index contributed by atoms with van der Waals surface area (Å²) >= 11 is 6.05. The molecule has 0 aliphatic carbocycles. The Labute approximate surface area is 128 Å². The molecule has 1 saturated heterocycles. The Hall–Kier alpha value is -1.44. The van der Waals surface area contributed by atoms with Gasteiger partial charge >= 0.3 is 0 Å². The number of anilines is 1. The van der Waals surface area contributed by atoms with E-state index in [1.807, 2.05) is 19.9 Å². The largest absolute Gasteiger partial charge is 0.389 e. The van der Waals surface area contributed by atoms with Gasteiger partial charge in [-0.15, -0.1) is 0 Å². The fourth-order valence-corrected chi connectivity index (χ4v) is 2.85. The molecule has 0 radical (unpaired) electrons. The minimum Gasteiger partial charge on any atom is -0.389 e. The number of halogens is 1. The molecule has 7 nitrogen and oxygen atoms in total. The van der Waals surface area contributed by atoms with E-state index < -0.39 is 5.60 Å². The Balaban J connectivity index is 1.75. The highest BCUT2D eigenvalue weighted by atomic mass is 35.5. The molecule has 1 aliphatic rings. The van der Waals surface area contributed by atoms with Gasteiger partial charge in [0.25, 0.3) is 5.78 Å². The number of aromatic nitrogens is 4. The summed E-state index contributed by atoms with van der Waals surface area (Å²) in [5, 5.41) is 14.5. The Morgan fingerprint density at radius 1 is 1.29 bits per heavy atom. The molecule has 0 spiro atoms. The summed E-state index contributed by atoms with van der Waals surface area (Å²) in [5.41, 5.74) is -0.665. The van der Waals surface area contributed by atoms with Crippen molar-refractivity contribution < 1.29 is 5.11 Å². The molecular weight excluding hydrogens is 292 g/mol. The first-order valence-electron chi connectivity index (χ1n) is 6.98. The minimum absolute atomic E-state index is 0.421. The third-order valence-electron chi connectivity index (χ3n) is 3.51. The molecule has 0 saturated carbocycles. The van der Waals surface area contributed by atoms with Gasteiger partial charge in [-0.1, -0.05) is 11.6 Å². The molecule has 3 heterocycles. The highest BCUT2D eigenvalue weighted by Gasteiger charge is 2.24. The molecule has 1 aliphatic heterocycles. The van der Waals surface area contributed by atoms with Crippen molar-refractivity contribution in [3.63, 3.8) is 0 Å². The highest BCUT2D eigenvalue weighted by Crippen LogP contribution is 2.20. The van der Waals surface area contributed by atoms with Gasteiger partial charge in [0.1, 0.15) is 17.3 Å². The van der Waals surface area contributed by atoms with Gasteiger partial charge in [-0.2, -0.15) is 19.6 Å². The van der Waals surface area contributed by atoms with E-state index >= 15 is 0 Å². The molecule has 21 heavy (non-hydrogen) atoms. The zero-order valence-corrected chi connectivity index (χ0v) is 13.0. The Kier molecular flexibility index (Phi) is 3.73. The highest BCUT2D eigenvalue weighted by molar-refractivity contribution is 6.29. The molecule has 114 valence electrons. The van der Waals surface area contributed by atoms with Gasteiger partial charge < -0.3 is 10.0 Å². The number of rotatable bonds is 3. The zero-order chi connectivity index (χ0) is 15.0. The molecule has 0 unspecified atom stereocenters. The fraction of sp³-hybridized carbons (Fsp3) is 0.615. The van der Waals surface area contributed by atoms with Gasteiger partial charge in [-0.05, 0) is 13.8 Å². The first-order chi connectivity index (χ1) is 9.92. The van der Waals surface area contributed by atoms with Crippen LogP contribution >= 0.6 is 11.6 Å². The number of hydrogen-bond acceptors (Lipinski definition) is 6. The molecule has 3 rings (SSSR count). The second kappa shape index (κ2) is 5.40. The lowest BCUT2D eigenvalue weighted by molar-refractivity contribution is 0.0344. The first-order valence-corrected chi connectivity index (χ1v) is 7.36. The van der Waals surface area contributed by atoms with Crippen LogP contribution in [0.3, 0.4) is 0 Å². The van der Waals surface area contributed by atoms with Gasteiger partial charge in [0.05, 0.1) is 5.60 Å². The van der Waals surface area contributed by atoms with E-state index in [0.29, 0.717) is 17.5 Å². The Bertz CT molecular complexity index is 629. The molecule has 2 aromatic rings. The maximum atomic E-state index is 9.90. The van der Waals surface area contributed by atoms with Crippen LogP contribution in [0.15, 0.2) is 12.4 Å². The number of nitrogens with zero attached hydrogens (tertiary/aromatic N) is 6. The fourth-order valence-electron chi connectivity index (χ4n) is 2.68. The van der Waals surface area contributed by atoms with E-state index in [-0.39, 0.29) is 0 Å².